The number of allylic oxidation sites excluding steroid dienone is 2. The van der Waals surface area contributed by atoms with E-state index < -0.39 is 211 Å². The van der Waals surface area contributed by atoms with Gasteiger partial charge in [-0.2, -0.15) is 0 Å². The molecule has 0 spiro atoms. The van der Waals surface area contributed by atoms with Crippen molar-refractivity contribution >= 4 is 5.97 Å². The molecule has 4 aliphatic heterocycles. The number of aliphatic hydroxyl groups is 15. The van der Waals surface area contributed by atoms with Gasteiger partial charge >= 0.3 is 5.97 Å². The third-order valence-electron chi connectivity index (χ3n) is 21.8. The molecule has 25 nitrogen and oxygen atoms in total. The van der Waals surface area contributed by atoms with Gasteiger partial charge in [0.05, 0.1) is 55.8 Å². The third-order valence-corrected chi connectivity index (χ3v) is 21.8. The molecular formula is C54H88O25. The monoisotopic (exact) mass is 1140 g/mol. The smallest absolute Gasteiger partial charge is 0.335 e. The quantitative estimate of drug-likeness (QED) is 0.0665. The first-order valence-electron chi connectivity index (χ1n) is 28.0. The summed E-state index contributed by atoms with van der Waals surface area (Å²) in [5.74, 6) is -2.19. The van der Waals surface area contributed by atoms with Crippen LogP contribution in [0.3, 0.4) is 0 Å². The number of aliphatic hydroxyl groups excluding tert-OH is 15. The second-order valence-corrected chi connectivity index (χ2v) is 26.5. The first kappa shape index (κ1) is 61.8. The zero-order valence-corrected chi connectivity index (χ0v) is 46.1. The van der Waals surface area contributed by atoms with Crippen LogP contribution in [0.25, 0.3) is 0 Å². The first-order valence-corrected chi connectivity index (χ1v) is 28.0. The molecule has 16 N–H and O–H groups in total. The highest BCUT2D eigenvalue weighted by Crippen LogP contribution is 2.76. The maximum absolute atomic E-state index is 13.1. The number of hydrogen-bond acceptors (Lipinski definition) is 24. The summed E-state index contributed by atoms with van der Waals surface area (Å²) in [6, 6.07) is 0. The zero-order valence-electron chi connectivity index (χ0n) is 46.1. The summed E-state index contributed by atoms with van der Waals surface area (Å²) in [6.45, 7) is 13.6. The van der Waals surface area contributed by atoms with Gasteiger partial charge in [0.15, 0.2) is 31.3 Å². The van der Waals surface area contributed by atoms with E-state index in [9.17, 15) is 86.5 Å². The van der Waals surface area contributed by atoms with Crippen molar-refractivity contribution in [3.63, 3.8) is 0 Å². The highest BCUT2D eigenvalue weighted by Gasteiger charge is 2.73. The zero-order chi connectivity index (χ0) is 58.2. The van der Waals surface area contributed by atoms with Crippen LogP contribution >= 0.6 is 0 Å². The maximum Gasteiger partial charge on any atom is 0.335 e. The molecule has 9 aliphatic rings. The number of aliphatic carboxylic acids is 1. The molecule has 79 heavy (non-hydrogen) atoms. The third kappa shape index (κ3) is 9.61. The Bertz CT molecular complexity index is 2200. The van der Waals surface area contributed by atoms with Crippen molar-refractivity contribution in [3.8, 4) is 0 Å². The second kappa shape index (κ2) is 22.0. The van der Waals surface area contributed by atoms with E-state index in [2.05, 4.69) is 26.8 Å². The molecule has 0 aromatic carbocycles. The van der Waals surface area contributed by atoms with Crippen LogP contribution in [0.2, 0.25) is 0 Å². The van der Waals surface area contributed by atoms with Crippen molar-refractivity contribution in [3.05, 3.63) is 11.6 Å². The number of ether oxygens (including phenoxy) is 8. The summed E-state index contributed by atoms with van der Waals surface area (Å²) < 4.78 is 48.9. The lowest BCUT2D eigenvalue weighted by Gasteiger charge is -2.72. The van der Waals surface area contributed by atoms with Gasteiger partial charge in [0.2, 0.25) is 0 Å². The van der Waals surface area contributed by atoms with E-state index in [0.717, 1.165) is 5.57 Å². The van der Waals surface area contributed by atoms with E-state index in [0.29, 0.717) is 38.5 Å². The van der Waals surface area contributed by atoms with Crippen LogP contribution in [-0.2, 0) is 42.7 Å². The van der Waals surface area contributed by atoms with Crippen LogP contribution in [-0.4, -0.2) is 255 Å². The Kier molecular flexibility index (Phi) is 17.2. The van der Waals surface area contributed by atoms with E-state index in [1.807, 2.05) is 27.7 Å². The molecule has 0 radical (unpaired) electrons. The maximum atomic E-state index is 13.1. The Morgan fingerprint density at radius 1 is 0.582 bits per heavy atom. The number of fused-ring (bicyclic) bond motifs is 7. The van der Waals surface area contributed by atoms with Gasteiger partial charge in [-0.1, -0.05) is 60.1 Å². The summed E-state index contributed by atoms with van der Waals surface area (Å²) in [7, 11) is 0. The summed E-state index contributed by atoms with van der Waals surface area (Å²) in [5, 5.41) is 177. The van der Waals surface area contributed by atoms with Crippen molar-refractivity contribution < 1.29 is 124 Å². The number of hydrogen-bond donors (Lipinski definition) is 16. The molecule has 4 saturated heterocycles. The van der Waals surface area contributed by atoms with Crippen molar-refractivity contribution in [2.24, 2.45) is 50.2 Å². The first-order chi connectivity index (χ1) is 36.8. The summed E-state index contributed by atoms with van der Waals surface area (Å²) in [6.07, 6.45) is -36.3. The lowest BCUT2D eigenvalue weighted by Crippen LogP contribution is -2.71. The molecule has 454 valence electrons. The SMILES string of the molecule is C[C@@H]1O[C@@H](OC2C(O[C@@H]3C(OC4O[C@H](CO)C(O)[C@H](O)C4O)C(OC4CCC5(C)[C@H]6CC=C7C8CC(C)(C)C(O)[C@H](O)C8(CO)[C@H](O)C[C@@]7(C)C6(C)CC[C@H]5C4(C)C)O[C@H](C(=O)O)C3O)O[C@H](CO)[C@H](O)[C@@H]2O)[C@H](O)[C@H](O)C1O. The summed E-state index contributed by atoms with van der Waals surface area (Å²) in [5.41, 5.74) is -3.17. The highest BCUT2D eigenvalue weighted by atomic mass is 16.8. The molecule has 25 heteroatoms. The Morgan fingerprint density at radius 2 is 1.14 bits per heavy atom. The Labute approximate surface area is 458 Å². The van der Waals surface area contributed by atoms with Crippen LogP contribution in [0.4, 0.5) is 0 Å². The van der Waals surface area contributed by atoms with Crippen molar-refractivity contribution in [2.75, 3.05) is 19.8 Å². The van der Waals surface area contributed by atoms with E-state index in [4.69, 9.17) is 37.9 Å². The van der Waals surface area contributed by atoms with Gasteiger partial charge in [0.1, 0.15) is 85.5 Å². The van der Waals surface area contributed by atoms with Crippen molar-refractivity contribution in [2.45, 2.75) is 248 Å². The number of rotatable bonds is 12. The second-order valence-electron chi connectivity index (χ2n) is 26.5. The summed E-state index contributed by atoms with van der Waals surface area (Å²) >= 11 is 0. The average molecular weight is 1140 g/mol. The van der Waals surface area contributed by atoms with Crippen molar-refractivity contribution in [1.29, 1.82) is 0 Å². The minimum atomic E-state index is -2.26. The van der Waals surface area contributed by atoms with Gasteiger partial charge < -0.3 is 120 Å². The van der Waals surface area contributed by atoms with Gasteiger partial charge in [-0.3, -0.25) is 0 Å². The van der Waals surface area contributed by atoms with E-state index in [1.54, 1.807) is 0 Å². The van der Waals surface area contributed by atoms with Crippen LogP contribution in [0.15, 0.2) is 11.6 Å². The van der Waals surface area contributed by atoms with Crippen molar-refractivity contribution in [1.82, 2.24) is 0 Å². The molecule has 0 aromatic heterocycles. The molecular weight excluding hydrogens is 1050 g/mol. The van der Waals surface area contributed by atoms with Gasteiger partial charge in [-0.25, -0.2) is 4.79 Å². The fourth-order valence-electron chi connectivity index (χ4n) is 16.8. The van der Waals surface area contributed by atoms with Gasteiger partial charge in [0, 0.05) is 0 Å². The highest BCUT2D eigenvalue weighted by molar-refractivity contribution is 5.73. The molecule has 31 atom stereocenters. The fraction of sp³-hybridized carbons (Fsp3) is 0.944. The average Bonchev–Trinajstić information content (AvgIpc) is 3.40. The molecule has 0 amide bonds. The number of carbonyl (C=O) groups is 1. The van der Waals surface area contributed by atoms with Gasteiger partial charge in [-0.15, -0.1) is 0 Å². The molecule has 8 fully saturated rings. The fourth-order valence-corrected chi connectivity index (χ4v) is 16.8. The normalized spacial score (nSPS) is 55.3. The predicted molar refractivity (Wildman–Crippen MR) is 266 cm³/mol. The minimum Gasteiger partial charge on any atom is -0.479 e. The topological polar surface area (TPSA) is 415 Å². The minimum absolute atomic E-state index is 0.0325. The lowest BCUT2D eigenvalue weighted by molar-refractivity contribution is -0.406. The van der Waals surface area contributed by atoms with E-state index in [-0.39, 0.29) is 18.3 Å². The van der Waals surface area contributed by atoms with Gasteiger partial charge in [-0.05, 0) is 96.7 Å². The Hall–Kier alpha value is -1.71. The van der Waals surface area contributed by atoms with Crippen LogP contribution < -0.4 is 0 Å². The number of carboxylic acids is 1. The summed E-state index contributed by atoms with van der Waals surface area (Å²) in [4.78, 5) is 13.1. The lowest BCUT2D eigenvalue weighted by atomic mass is 9.33. The van der Waals surface area contributed by atoms with E-state index >= 15 is 0 Å². The Morgan fingerprint density at radius 3 is 1.75 bits per heavy atom. The standard InChI is InChI=1S/C54H88O25/c1-20-29(59)32(62)35(65)45(72-20)78-40-34(64)31(61)24(18-56)74-47(40)76-38-37(67)39(44(70)71)77-48(41(38)79-46-36(66)33(63)30(60)23(17-55)73-46)75-28-12-13-51(6)25(50(28,4)5)11-14-52(7)26(51)10-9-21-22-15-49(2,3)42(68)43(69)54(22,19-57)27(58)16-53(21,52)8/h9,20,22-43,45-48,55-69H,10-19H2,1-8H3,(H,70,71)/t20-,22?,23+,24+,25-,26+,27+,28?,29?,30?,31-,32+,33-,34-,35+,36?,37?,38-,39-,40?,41?,42?,43-,45-,46?,47?,48?,51?,52?,53+,54?/m0/s1. The Balaban J connectivity index is 1.05. The van der Waals surface area contributed by atoms with Crippen LogP contribution in [0.1, 0.15) is 100 Å². The molecule has 0 bridgehead atoms. The molecule has 4 saturated carbocycles. The van der Waals surface area contributed by atoms with Gasteiger partial charge in [0.25, 0.3) is 0 Å². The molecule has 0 aromatic rings. The van der Waals surface area contributed by atoms with E-state index in [1.165, 1.54) is 6.92 Å². The number of carboxylic acid groups (broad SMARTS) is 1. The largest absolute Gasteiger partial charge is 0.479 e. The van der Waals surface area contributed by atoms with Crippen LogP contribution in [0.5, 0.6) is 0 Å². The molecule has 5 aliphatic carbocycles. The predicted octanol–water partition coefficient (Wildman–Crippen LogP) is -3.53. The molecule has 15 unspecified atom stereocenters. The van der Waals surface area contributed by atoms with Crippen LogP contribution in [0, 0.1) is 50.2 Å². The molecule has 9 rings (SSSR count). The molecule has 4 heterocycles.